The van der Waals surface area contributed by atoms with Gasteiger partial charge in [-0.15, -0.1) is 32.9 Å². The number of thiazole rings is 1. The van der Waals surface area contributed by atoms with E-state index in [1.165, 1.54) is 28.0 Å². The molecule has 3 aromatic heterocycles. The molecule has 1 atom stereocenters. The van der Waals surface area contributed by atoms with E-state index < -0.39 is 5.92 Å². The van der Waals surface area contributed by atoms with Crippen molar-refractivity contribution in [3.8, 4) is 6.07 Å². The third kappa shape index (κ3) is 4.54. The van der Waals surface area contributed by atoms with Crippen LogP contribution in [0.15, 0.2) is 34.4 Å². The summed E-state index contributed by atoms with van der Waals surface area (Å²) < 4.78 is 1.94. The minimum Gasteiger partial charge on any atom is -0.308 e. The number of ketones is 1. The zero-order valence-electron chi connectivity index (χ0n) is 13.5. The van der Waals surface area contributed by atoms with Gasteiger partial charge in [-0.2, -0.15) is 5.26 Å². The Morgan fingerprint density at radius 2 is 2.36 bits per heavy atom. The van der Waals surface area contributed by atoms with Crippen molar-refractivity contribution in [1.29, 1.82) is 5.26 Å². The lowest BCUT2D eigenvalue weighted by atomic mass is 10.1. The number of Topliss-reactive ketones (excluding diaryl/α,β-unsaturated/α-hetero) is 1. The molecule has 0 aliphatic rings. The van der Waals surface area contributed by atoms with E-state index >= 15 is 0 Å². The molecule has 0 amide bonds. The number of thioether (sulfide) groups is 1. The average molecular weight is 390 g/mol. The van der Waals surface area contributed by atoms with Gasteiger partial charge in [0, 0.05) is 22.5 Å². The van der Waals surface area contributed by atoms with E-state index in [0.717, 1.165) is 18.7 Å². The third-order valence-electron chi connectivity index (χ3n) is 3.44. The number of aryl methyl sites for hydroxylation is 3. The maximum atomic E-state index is 12.4. The number of hydrogen-bond acceptors (Lipinski definition) is 8. The highest BCUT2D eigenvalue weighted by atomic mass is 32.2. The van der Waals surface area contributed by atoms with E-state index in [0.29, 0.717) is 10.2 Å². The number of nitriles is 1. The number of nitrogens with zero attached hydrogens (tertiary/aromatic N) is 5. The summed E-state index contributed by atoms with van der Waals surface area (Å²) in [5.41, 5.74) is 0.828. The van der Waals surface area contributed by atoms with Crippen LogP contribution in [-0.2, 0) is 17.8 Å². The summed E-state index contributed by atoms with van der Waals surface area (Å²) in [7, 11) is 0. The van der Waals surface area contributed by atoms with Crippen LogP contribution in [0.4, 0.5) is 0 Å². The second-order valence-electron chi connectivity index (χ2n) is 5.28. The fourth-order valence-electron chi connectivity index (χ4n) is 2.18. The van der Waals surface area contributed by atoms with Gasteiger partial charge >= 0.3 is 0 Å². The first-order valence-electron chi connectivity index (χ1n) is 7.54. The zero-order valence-corrected chi connectivity index (χ0v) is 15.9. The SMILES string of the molecule is Cc1csc(C(C#N)C(=O)CSc2nncn2CCc2cccs2)n1. The van der Waals surface area contributed by atoms with Gasteiger partial charge in [0.05, 0.1) is 11.8 Å². The number of carbonyl (C=O) groups excluding carboxylic acids is 1. The fraction of sp³-hybridized carbons (Fsp3) is 0.312. The first-order chi connectivity index (χ1) is 12.2. The van der Waals surface area contributed by atoms with Crippen LogP contribution in [0.1, 0.15) is 21.5 Å². The fourth-order valence-corrected chi connectivity index (χ4v) is 4.59. The summed E-state index contributed by atoms with van der Waals surface area (Å²) in [6.45, 7) is 2.61. The van der Waals surface area contributed by atoms with E-state index in [2.05, 4.69) is 32.7 Å². The van der Waals surface area contributed by atoms with Crippen LogP contribution in [0.2, 0.25) is 0 Å². The number of carbonyl (C=O) groups is 1. The van der Waals surface area contributed by atoms with Crippen LogP contribution in [0.3, 0.4) is 0 Å². The van der Waals surface area contributed by atoms with Gasteiger partial charge in [0.1, 0.15) is 11.3 Å². The molecule has 0 N–H and O–H groups in total. The minimum absolute atomic E-state index is 0.158. The van der Waals surface area contributed by atoms with Gasteiger partial charge in [0.15, 0.2) is 16.9 Å². The van der Waals surface area contributed by atoms with Crippen LogP contribution in [-0.4, -0.2) is 31.3 Å². The van der Waals surface area contributed by atoms with Crippen molar-refractivity contribution in [2.75, 3.05) is 5.75 Å². The Bertz CT molecular complexity index is 878. The Morgan fingerprint density at radius 3 is 3.04 bits per heavy atom. The Kier molecular flexibility index (Phi) is 5.96. The summed E-state index contributed by atoms with van der Waals surface area (Å²) in [5, 5.41) is 22.5. The van der Waals surface area contributed by atoms with Crippen LogP contribution in [0.25, 0.3) is 0 Å². The lowest BCUT2D eigenvalue weighted by Gasteiger charge is -2.07. The van der Waals surface area contributed by atoms with E-state index in [4.69, 9.17) is 0 Å². The largest absolute Gasteiger partial charge is 0.308 e. The summed E-state index contributed by atoms with van der Waals surface area (Å²) in [6, 6.07) is 6.19. The Balaban J connectivity index is 1.59. The number of aromatic nitrogens is 4. The van der Waals surface area contributed by atoms with Crippen molar-refractivity contribution in [1.82, 2.24) is 19.7 Å². The Hall–Kier alpha value is -2.02. The molecule has 0 bridgehead atoms. The average Bonchev–Trinajstić information content (AvgIpc) is 3.34. The molecule has 1 unspecified atom stereocenters. The molecule has 128 valence electrons. The van der Waals surface area contributed by atoms with Gasteiger partial charge in [-0.25, -0.2) is 4.98 Å². The highest BCUT2D eigenvalue weighted by Gasteiger charge is 2.23. The zero-order chi connectivity index (χ0) is 17.6. The van der Waals surface area contributed by atoms with Crippen molar-refractivity contribution in [2.45, 2.75) is 31.0 Å². The summed E-state index contributed by atoms with van der Waals surface area (Å²) in [4.78, 5) is 18.0. The smallest absolute Gasteiger partial charge is 0.191 e. The third-order valence-corrected chi connectivity index (χ3v) is 6.40. The molecule has 9 heteroatoms. The molecule has 0 spiro atoms. The van der Waals surface area contributed by atoms with E-state index in [1.807, 2.05) is 22.9 Å². The highest BCUT2D eigenvalue weighted by molar-refractivity contribution is 7.99. The Labute approximate surface area is 157 Å². The predicted octanol–water partition coefficient (Wildman–Crippen LogP) is 3.32. The summed E-state index contributed by atoms with van der Waals surface area (Å²) >= 11 is 4.38. The molecule has 0 aliphatic heterocycles. The highest BCUT2D eigenvalue weighted by Crippen LogP contribution is 2.24. The molecular formula is C16H15N5OS3. The molecule has 6 nitrogen and oxygen atoms in total. The topological polar surface area (TPSA) is 84.5 Å². The summed E-state index contributed by atoms with van der Waals surface area (Å²) in [5.74, 6) is -0.794. The maximum absolute atomic E-state index is 12.4. The van der Waals surface area contributed by atoms with Crippen molar-refractivity contribution < 1.29 is 4.79 Å². The second kappa shape index (κ2) is 8.38. The molecule has 3 heterocycles. The van der Waals surface area contributed by atoms with E-state index in [-0.39, 0.29) is 11.5 Å². The van der Waals surface area contributed by atoms with Gasteiger partial charge < -0.3 is 4.57 Å². The van der Waals surface area contributed by atoms with Crippen LogP contribution >= 0.6 is 34.4 Å². The van der Waals surface area contributed by atoms with Crippen molar-refractivity contribution in [3.63, 3.8) is 0 Å². The number of hydrogen-bond donors (Lipinski definition) is 0. The van der Waals surface area contributed by atoms with Crippen LogP contribution < -0.4 is 0 Å². The maximum Gasteiger partial charge on any atom is 0.191 e. The molecule has 25 heavy (non-hydrogen) atoms. The molecule has 0 fully saturated rings. The standard InChI is InChI=1S/C16H15N5OS3/c1-11-8-24-15(19-11)13(7-17)14(22)9-25-16-20-18-10-21(16)5-4-12-3-2-6-23-12/h2-3,6,8,10,13H,4-5,9H2,1H3. The van der Waals surface area contributed by atoms with Gasteiger partial charge in [-0.3, -0.25) is 4.79 Å². The molecule has 3 aromatic rings. The molecule has 0 aliphatic carbocycles. The number of rotatable bonds is 8. The molecule has 0 saturated heterocycles. The lowest BCUT2D eigenvalue weighted by molar-refractivity contribution is -0.116. The van der Waals surface area contributed by atoms with E-state index in [9.17, 15) is 10.1 Å². The first kappa shape index (κ1) is 17.8. The van der Waals surface area contributed by atoms with Gasteiger partial charge in [0.25, 0.3) is 0 Å². The lowest BCUT2D eigenvalue weighted by Crippen LogP contribution is -2.14. The molecule has 0 aromatic carbocycles. The normalized spacial score (nSPS) is 12.0. The molecule has 0 saturated carbocycles. The monoisotopic (exact) mass is 389 g/mol. The first-order valence-corrected chi connectivity index (χ1v) is 10.3. The number of thiophene rings is 1. The molecule has 3 rings (SSSR count). The van der Waals surface area contributed by atoms with Crippen LogP contribution in [0, 0.1) is 18.3 Å². The van der Waals surface area contributed by atoms with Crippen LogP contribution in [0.5, 0.6) is 0 Å². The van der Waals surface area contributed by atoms with Gasteiger partial charge in [0.2, 0.25) is 0 Å². The predicted molar refractivity (Wildman–Crippen MR) is 99.0 cm³/mol. The quantitative estimate of drug-likeness (QED) is 0.550. The summed E-state index contributed by atoms with van der Waals surface area (Å²) in [6.07, 6.45) is 2.57. The minimum atomic E-state index is -0.811. The van der Waals surface area contributed by atoms with Gasteiger partial charge in [-0.05, 0) is 24.8 Å². The second-order valence-corrected chi connectivity index (χ2v) is 8.14. The van der Waals surface area contributed by atoms with Crippen molar-refractivity contribution >= 4 is 40.2 Å². The molecule has 0 radical (unpaired) electrons. The molecular weight excluding hydrogens is 374 g/mol. The van der Waals surface area contributed by atoms with Crippen molar-refractivity contribution in [2.24, 2.45) is 0 Å². The Morgan fingerprint density at radius 1 is 1.48 bits per heavy atom. The van der Waals surface area contributed by atoms with E-state index in [1.54, 1.807) is 17.7 Å². The van der Waals surface area contributed by atoms with Gasteiger partial charge in [-0.1, -0.05) is 17.8 Å². The van der Waals surface area contributed by atoms with Crippen molar-refractivity contribution in [3.05, 3.63) is 44.8 Å².